The quantitative estimate of drug-likeness (QED) is 0.585. The number of benzene rings is 2. The number of halogens is 1. The maximum absolute atomic E-state index is 5.97. The molecule has 0 spiro atoms. The number of fused-ring (bicyclic) bond motifs is 1. The average Bonchev–Trinajstić information content (AvgIpc) is 2.75. The molecule has 0 atom stereocenters. The molecule has 3 nitrogen and oxygen atoms in total. The van der Waals surface area contributed by atoms with Crippen molar-refractivity contribution in [2.75, 3.05) is 5.73 Å². The van der Waals surface area contributed by atoms with Crippen LogP contribution in [0.5, 0.6) is 0 Å². The summed E-state index contributed by atoms with van der Waals surface area (Å²) in [6.07, 6.45) is 0. The number of nitrogens with zero attached hydrogens (tertiary/aromatic N) is 2. The molecule has 0 saturated heterocycles. The van der Waals surface area contributed by atoms with E-state index in [-0.39, 0.29) is 0 Å². The molecule has 1 heterocycles. The van der Waals surface area contributed by atoms with Crippen LogP contribution in [0.1, 0.15) is 5.69 Å². The topological polar surface area (TPSA) is 43.8 Å². The van der Waals surface area contributed by atoms with Crippen molar-refractivity contribution in [2.24, 2.45) is 7.05 Å². The summed E-state index contributed by atoms with van der Waals surface area (Å²) in [5.74, 6) is 0.785. The third kappa shape index (κ3) is 2.49. The fourth-order valence-electron chi connectivity index (χ4n) is 2.19. The van der Waals surface area contributed by atoms with E-state index in [1.165, 1.54) is 5.39 Å². The van der Waals surface area contributed by atoms with E-state index in [1.807, 2.05) is 36.0 Å². The van der Waals surface area contributed by atoms with E-state index in [1.54, 1.807) is 17.8 Å². The number of nitrogens with two attached hydrogens (primary N) is 1. The van der Waals surface area contributed by atoms with Crippen LogP contribution < -0.4 is 5.73 Å². The van der Waals surface area contributed by atoms with E-state index in [9.17, 15) is 0 Å². The second-order valence-electron chi connectivity index (χ2n) is 4.56. The Kier molecular flexibility index (Phi) is 3.59. The predicted octanol–water partition coefficient (Wildman–Crippen LogP) is 4.10. The molecule has 0 radical (unpaired) electrons. The molecule has 0 aliphatic carbocycles. The standard InChI is InChI=1S/C15H14ClN3S/c1-19-14-5-3-2-4-11(14)13(18-19)9-20-15-7-6-10(16)8-12(15)17/h2-8H,9,17H2,1H3. The van der Waals surface area contributed by atoms with E-state index in [0.717, 1.165) is 21.9 Å². The highest BCUT2D eigenvalue weighted by Gasteiger charge is 2.09. The maximum Gasteiger partial charge on any atom is 0.0805 e. The SMILES string of the molecule is Cn1nc(CSc2ccc(Cl)cc2N)c2ccccc21. The highest BCUT2D eigenvalue weighted by atomic mass is 35.5. The van der Waals surface area contributed by atoms with Crippen molar-refractivity contribution in [3.63, 3.8) is 0 Å². The van der Waals surface area contributed by atoms with Crippen molar-refractivity contribution in [3.05, 3.63) is 53.2 Å². The van der Waals surface area contributed by atoms with Crippen LogP contribution in [0.25, 0.3) is 10.9 Å². The first-order valence-electron chi connectivity index (χ1n) is 6.23. The second kappa shape index (κ2) is 5.38. The van der Waals surface area contributed by atoms with Crippen LogP contribution in [0.4, 0.5) is 5.69 Å². The Morgan fingerprint density at radius 3 is 2.85 bits per heavy atom. The largest absolute Gasteiger partial charge is 0.398 e. The van der Waals surface area contributed by atoms with Crippen molar-refractivity contribution >= 4 is 40.0 Å². The van der Waals surface area contributed by atoms with Crippen LogP contribution >= 0.6 is 23.4 Å². The van der Waals surface area contributed by atoms with Gasteiger partial charge in [0, 0.05) is 33.8 Å². The van der Waals surface area contributed by atoms with Crippen LogP contribution in [0.3, 0.4) is 0 Å². The zero-order valence-corrected chi connectivity index (χ0v) is 12.6. The van der Waals surface area contributed by atoms with E-state index in [4.69, 9.17) is 17.3 Å². The van der Waals surface area contributed by atoms with E-state index in [2.05, 4.69) is 17.2 Å². The molecular formula is C15H14ClN3S. The zero-order chi connectivity index (χ0) is 14.1. The summed E-state index contributed by atoms with van der Waals surface area (Å²) in [5, 5.41) is 6.43. The molecule has 1 aromatic heterocycles. The lowest BCUT2D eigenvalue weighted by Gasteiger charge is -2.04. The molecule has 3 rings (SSSR count). The van der Waals surface area contributed by atoms with Crippen molar-refractivity contribution in [1.82, 2.24) is 9.78 Å². The molecule has 2 N–H and O–H groups in total. The van der Waals surface area contributed by atoms with Crippen LogP contribution in [0, 0.1) is 0 Å². The molecule has 0 aliphatic rings. The molecule has 0 bridgehead atoms. The Hall–Kier alpha value is -1.65. The Balaban J connectivity index is 1.87. The lowest BCUT2D eigenvalue weighted by molar-refractivity contribution is 0.781. The summed E-state index contributed by atoms with van der Waals surface area (Å²) in [4.78, 5) is 1.03. The second-order valence-corrected chi connectivity index (χ2v) is 6.01. The minimum Gasteiger partial charge on any atom is -0.398 e. The minimum absolute atomic E-state index is 0.662. The molecule has 102 valence electrons. The summed E-state index contributed by atoms with van der Waals surface area (Å²) >= 11 is 7.59. The number of aromatic nitrogens is 2. The third-order valence-corrected chi connectivity index (χ3v) is 4.51. The molecule has 0 unspecified atom stereocenters. The van der Waals surface area contributed by atoms with Crippen LogP contribution in [-0.2, 0) is 12.8 Å². The van der Waals surface area contributed by atoms with Crippen LogP contribution in [0.2, 0.25) is 5.02 Å². The first-order valence-corrected chi connectivity index (χ1v) is 7.60. The van der Waals surface area contributed by atoms with Gasteiger partial charge in [0.2, 0.25) is 0 Å². The first-order chi connectivity index (χ1) is 9.65. The van der Waals surface area contributed by atoms with Crippen molar-refractivity contribution in [3.8, 4) is 0 Å². The summed E-state index contributed by atoms with van der Waals surface area (Å²) in [6.45, 7) is 0. The van der Waals surface area contributed by atoms with Crippen molar-refractivity contribution in [2.45, 2.75) is 10.6 Å². The molecule has 5 heteroatoms. The fraction of sp³-hybridized carbons (Fsp3) is 0.133. The number of anilines is 1. The highest BCUT2D eigenvalue weighted by Crippen LogP contribution is 2.31. The van der Waals surface area contributed by atoms with Gasteiger partial charge in [-0.25, -0.2) is 0 Å². The molecule has 0 amide bonds. The van der Waals surface area contributed by atoms with E-state index >= 15 is 0 Å². The monoisotopic (exact) mass is 303 g/mol. The smallest absolute Gasteiger partial charge is 0.0805 e. The Morgan fingerprint density at radius 1 is 1.25 bits per heavy atom. The zero-order valence-electron chi connectivity index (χ0n) is 11.0. The summed E-state index contributed by atoms with van der Waals surface area (Å²) in [7, 11) is 1.97. The Morgan fingerprint density at radius 2 is 2.05 bits per heavy atom. The van der Waals surface area contributed by atoms with Gasteiger partial charge in [-0.15, -0.1) is 11.8 Å². The molecule has 0 fully saturated rings. The van der Waals surface area contributed by atoms with Gasteiger partial charge >= 0.3 is 0 Å². The van der Waals surface area contributed by atoms with Gasteiger partial charge in [-0.1, -0.05) is 29.8 Å². The van der Waals surface area contributed by atoms with Crippen molar-refractivity contribution < 1.29 is 0 Å². The first kappa shape index (κ1) is 13.3. The van der Waals surface area contributed by atoms with Gasteiger partial charge < -0.3 is 5.73 Å². The number of para-hydroxylation sites is 1. The number of rotatable bonds is 3. The van der Waals surface area contributed by atoms with Crippen LogP contribution in [0.15, 0.2) is 47.4 Å². The number of nitrogen functional groups attached to an aromatic ring is 1. The maximum atomic E-state index is 5.97. The molecule has 0 aliphatic heterocycles. The number of aryl methyl sites for hydroxylation is 1. The van der Waals surface area contributed by atoms with Gasteiger partial charge in [0.15, 0.2) is 0 Å². The summed E-state index contributed by atoms with van der Waals surface area (Å²) in [6, 6.07) is 13.8. The average molecular weight is 304 g/mol. The van der Waals surface area contributed by atoms with Gasteiger partial charge in [-0.3, -0.25) is 4.68 Å². The fourth-order valence-corrected chi connectivity index (χ4v) is 3.27. The van der Waals surface area contributed by atoms with E-state index < -0.39 is 0 Å². The summed E-state index contributed by atoms with van der Waals surface area (Å²) in [5.41, 5.74) is 8.90. The predicted molar refractivity (Wildman–Crippen MR) is 86.1 cm³/mol. The number of thioether (sulfide) groups is 1. The van der Waals surface area contributed by atoms with Crippen molar-refractivity contribution in [1.29, 1.82) is 0 Å². The molecule has 20 heavy (non-hydrogen) atoms. The summed E-state index contributed by atoms with van der Waals surface area (Å²) < 4.78 is 1.91. The highest BCUT2D eigenvalue weighted by molar-refractivity contribution is 7.98. The number of hydrogen-bond donors (Lipinski definition) is 1. The van der Waals surface area contributed by atoms with E-state index in [0.29, 0.717) is 10.7 Å². The van der Waals surface area contributed by atoms with Gasteiger partial charge in [0.05, 0.1) is 11.2 Å². The van der Waals surface area contributed by atoms with Gasteiger partial charge in [-0.05, 0) is 24.3 Å². The Labute approximate surface area is 126 Å². The van der Waals surface area contributed by atoms with Crippen LogP contribution in [-0.4, -0.2) is 9.78 Å². The Bertz CT molecular complexity index is 767. The van der Waals surface area contributed by atoms with Gasteiger partial charge in [0.1, 0.15) is 0 Å². The molecule has 0 saturated carbocycles. The lowest BCUT2D eigenvalue weighted by Crippen LogP contribution is -1.92. The van der Waals surface area contributed by atoms with Gasteiger partial charge in [-0.2, -0.15) is 5.10 Å². The molecular weight excluding hydrogens is 290 g/mol. The minimum atomic E-state index is 0.662. The third-order valence-electron chi connectivity index (χ3n) is 3.17. The number of hydrogen-bond acceptors (Lipinski definition) is 3. The van der Waals surface area contributed by atoms with Gasteiger partial charge in [0.25, 0.3) is 0 Å². The lowest BCUT2D eigenvalue weighted by atomic mass is 10.2. The molecule has 2 aromatic carbocycles. The normalized spacial score (nSPS) is 11.1. The molecule has 3 aromatic rings.